The molecule has 2 fully saturated rings. The van der Waals surface area contributed by atoms with E-state index in [9.17, 15) is 4.39 Å². The molecule has 0 atom stereocenters. The van der Waals surface area contributed by atoms with Crippen molar-refractivity contribution in [2.24, 2.45) is 0 Å². The third-order valence-electron chi connectivity index (χ3n) is 6.14. The Morgan fingerprint density at radius 2 is 1.78 bits per heavy atom. The van der Waals surface area contributed by atoms with Crippen LogP contribution in [0, 0.1) is 5.82 Å². The highest BCUT2D eigenvalue weighted by Gasteiger charge is 2.30. The number of rotatable bonds is 3. The van der Waals surface area contributed by atoms with Crippen LogP contribution in [0.5, 0.6) is 0 Å². The summed E-state index contributed by atoms with van der Waals surface area (Å²) in [7, 11) is 0. The second-order valence-corrected chi connectivity index (χ2v) is 8.52. The number of piperazine rings is 1. The summed E-state index contributed by atoms with van der Waals surface area (Å²) in [6, 6.07) is 7.59. The summed E-state index contributed by atoms with van der Waals surface area (Å²) < 4.78 is 13.3. The molecular weight excluding hydrogens is 359 g/mol. The number of hydrogen-bond donors (Lipinski definition) is 1. The molecule has 4 nitrogen and oxygen atoms in total. The lowest BCUT2D eigenvalue weighted by Gasteiger charge is -2.36. The standard InChI is InChI=1S/C21H23FN4S/c22-16-7-5-15(6-8-16)18-13-27-21-19(18)20(23-14-24-21)26-11-9-25(10-12-26)17-3-1-2-4-17/h5-8,13-14,17H,1-4,9-12H2/p+1. The van der Waals surface area contributed by atoms with E-state index in [4.69, 9.17) is 0 Å². The van der Waals surface area contributed by atoms with E-state index >= 15 is 0 Å². The fourth-order valence-corrected chi connectivity index (χ4v) is 5.60. The summed E-state index contributed by atoms with van der Waals surface area (Å²) >= 11 is 1.64. The Kier molecular flexibility index (Phi) is 4.53. The predicted octanol–water partition coefficient (Wildman–Crippen LogP) is 3.14. The van der Waals surface area contributed by atoms with Crippen molar-refractivity contribution < 1.29 is 9.29 Å². The van der Waals surface area contributed by atoms with Crippen molar-refractivity contribution in [2.45, 2.75) is 31.7 Å². The Balaban J connectivity index is 1.45. The first kappa shape index (κ1) is 17.1. The van der Waals surface area contributed by atoms with Crippen LogP contribution in [0.4, 0.5) is 10.2 Å². The van der Waals surface area contributed by atoms with Crippen LogP contribution >= 0.6 is 11.3 Å². The van der Waals surface area contributed by atoms with Crippen LogP contribution in [-0.4, -0.2) is 42.2 Å². The van der Waals surface area contributed by atoms with Crippen molar-refractivity contribution in [3.05, 3.63) is 41.8 Å². The molecule has 1 aromatic carbocycles. The molecule has 27 heavy (non-hydrogen) atoms. The maximum absolute atomic E-state index is 13.3. The van der Waals surface area contributed by atoms with Gasteiger partial charge in [-0.25, -0.2) is 14.4 Å². The van der Waals surface area contributed by atoms with Gasteiger partial charge in [-0.05, 0) is 43.4 Å². The second kappa shape index (κ2) is 7.17. The molecular formula is C21H24FN4S+. The summed E-state index contributed by atoms with van der Waals surface area (Å²) in [6.45, 7) is 4.45. The quantitative estimate of drug-likeness (QED) is 0.754. The molecule has 1 N–H and O–H groups in total. The molecule has 1 aliphatic heterocycles. The average molecular weight is 384 g/mol. The fourth-order valence-electron chi connectivity index (χ4n) is 4.69. The number of nitrogens with zero attached hydrogens (tertiary/aromatic N) is 3. The molecule has 0 bridgehead atoms. The van der Waals surface area contributed by atoms with Gasteiger partial charge in [0.1, 0.15) is 22.8 Å². The zero-order valence-electron chi connectivity index (χ0n) is 15.3. The van der Waals surface area contributed by atoms with Gasteiger partial charge in [0.25, 0.3) is 0 Å². The van der Waals surface area contributed by atoms with E-state index in [1.165, 1.54) is 50.9 Å². The third-order valence-corrected chi connectivity index (χ3v) is 7.03. The summed E-state index contributed by atoms with van der Waals surface area (Å²) in [5, 5.41) is 3.23. The van der Waals surface area contributed by atoms with E-state index in [1.807, 2.05) is 12.1 Å². The highest BCUT2D eigenvalue weighted by Crippen LogP contribution is 2.37. The monoisotopic (exact) mass is 383 g/mol. The largest absolute Gasteiger partial charge is 0.345 e. The number of thiophene rings is 1. The molecule has 6 heteroatoms. The van der Waals surface area contributed by atoms with E-state index in [0.717, 1.165) is 46.3 Å². The van der Waals surface area contributed by atoms with Crippen LogP contribution in [-0.2, 0) is 0 Å². The Hall–Kier alpha value is -2.05. The molecule has 5 rings (SSSR count). The number of aromatic nitrogens is 2. The first-order valence-corrected chi connectivity index (χ1v) is 10.8. The van der Waals surface area contributed by atoms with Gasteiger partial charge in [-0.2, -0.15) is 0 Å². The fraction of sp³-hybridized carbons (Fsp3) is 0.429. The Labute approximate surface area is 162 Å². The van der Waals surface area contributed by atoms with Crippen LogP contribution in [0.2, 0.25) is 0 Å². The smallest absolute Gasteiger partial charge is 0.141 e. The molecule has 2 aromatic heterocycles. The van der Waals surface area contributed by atoms with Crippen molar-refractivity contribution >= 4 is 27.4 Å². The summed E-state index contributed by atoms with van der Waals surface area (Å²) in [4.78, 5) is 14.3. The van der Waals surface area contributed by atoms with Crippen LogP contribution < -0.4 is 9.80 Å². The predicted molar refractivity (Wildman–Crippen MR) is 108 cm³/mol. The van der Waals surface area contributed by atoms with Gasteiger partial charge in [0.2, 0.25) is 0 Å². The summed E-state index contributed by atoms with van der Waals surface area (Å²) in [5.74, 6) is 0.826. The molecule has 0 amide bonds. The van der Waals surface area contributed by atoms with E-state index in [-0.39, 0.29) is 5.82 Å². The molecule has 0 radical (unpaired) electrons. The second-order valence-electron chi connectivity index (χ2n) is 7.66. The van der Waals surface area contributed by atoms with Crippen LogP contribution in [0.3, 0.4) is 0 Å². The number of nitrogens with one attached hydrogen (secondary N) is 1. The minimum atomic E-state index is -0.208. The lowest BCUT2D eigenvalue weighted by Crippen LogP contribution is -3.18. The minimum absolute atomic E-state index is 0.208. The van der Waals surface area contributed by atoms with Gasteiger partial charge in [0.15, 0.2) is 0 Å². The number of hydrogen-bond acceptors (Lipinski definition) is 4. The Morgan fingerprint density at radius 3 is 2.52 bits per heavy atom. The van der Waals surface area contributed by atoms with Gasteiger partial charge < -0.3 is 9.80 Å². The number of benzene rings is 1. The number of quaternary nitrogens is 1. The average Bonchev–Trinajstić information content (AvgIpc) is 3.39. The molecule has 3 aromatic rings. The molecule has 1 saturated carbocycles. The van der Waals surface area contributed by atoms with Gasteiger partial charge in [0.05, 0.1) is 37.6 Å². The van der Waals surface area contributed by atoms with Crippen molar-refractivity contribution in [3.63, 3.8) is 0 Å². The zero-order valence-corrected chi connectivity index (χ0v) is 16.1. The van der Waals surface area contributed by atoms with Crippen molar-refractivity contribution in [1.29, 1.82) is 0 Å². The number of anilines is 1. The van der Waals surface area contributed by atoms with E-state index < -0.39 is 0 Å². The lowest BCUT2D eigenvalue weighted by molar-refractivity contribution is -0.925. The Morgan fingerprint density at radius 1 is 1.04 bits per heavy atom. The Bertz CT molecular complexity index is 925. The normalized spacial score (nSPS) is 19.2. The van der Waals surface area contributed by atoms with E-state index in [1.54, 1.807) is 22.6 Å². The van der Waals surface area contributed by atoms with Crippen LogP contribution in [0.15, 0.2) is 36.0 Å². The highest BCUT2D eigenvalue weighted by atomic mass is 32.1. The molecule has 0 spiro atoms. The minimum Gasteiger partial charge on any atom is -0.345 e. The maximum Gasteiger partial charge on any atom is 0.141 e. The summed E-state index contributed by atoms with van der Waals surface area (Å²) in [6.07, 6.45) is 7.28. The van der Waals surface area contributed by atoms with Crippen LogP contribution in [0.1, 0.15) is 25.7 Å². The van der Waals surface area contributed by atoms with Crippen molar-refractivity contribution in [3.8, 4) is 11.1 Å². The van der Waals surface area contributed by atoms with E-state index in [0.29, 0.717) is 0 Å². The molecule has 1 aliphatic carbocycles. The van der Waals surface area contributed by atoms with E-state index in [2.05, 4.69) is 20.2 Å². The third kappa shape index (κ3) is 3.21. The molecule has 140 valence electrons. The van der Waals surface area contributed by atoms with Gasteiger partial charge in [-0.1, -0.05) is 12.1 Å². The topological polar surface area (TPSA) is 33.5 Å². The molecule has 1 saturated heterocycles. The zero-order chi connectivity index (χ0) is 18.2. The number of fused-ring (bicyclic) bond motifs is 1. The van der Waals surface area contributed by atoms with Gasteiger partial charge >= 0.3 is 0 Å². The van der Waals surface area contributed by atoms with Gasteiger partial charge in [0, 0.05) is 10.9 Å². The van der Waals surface area contributed by atoms with Crippen molar-refractivity contribution in [2.75, 3.05) is 31.1 Å². The lowest BCUT2D eigenvalue weighted by atomic mass is 10.1. The SMILES string of the molecule is Fc1ccc(-c2csc3ncnc(N4CC[NH+](C5CCCC5)CC4)c23)cc1. The number of halogens is 1. The molecule has 2 aliphatic rings. The van der Waals surface area contributed by atoms with Gasteiger partial charge in [-0.3, -0.25) is 0 Å². The molecule has 0 unspecified atom stereocenters. The first-order chi connectivity index (χ1) is 13.3. The van der Waals surface area contributed by atoms with Crippen molar-refractivity contribution in [1.82, 2.24) is 9.97 Å². The first-order valence-electron chi connectivity index (χ1n) is 9.87. The summed E-state index contributed by atoms with van der Waals surface area (Å²) in [5.41, 5.74) is 2.13. The molecule has 3 heterocycles. The van der Waals surface area contributed by atoms with Gasteiger partial charge in [-0.15, -0.1) is 11.3 Å². The maximum atomic E-state index is 13.3. The van der Waals surface area contributed by atoms with Crippen LogP contribution in [0.25, 0.3) is 21.3 Å². The highest BCUT2D eigenvalue weighted by molar-refractivity contribution is 7.17.